The molecule has 1 saturated heterocycles. The molecule has 0 aromatic carbocycles. The molecule has 0 unspecified atom stereocenters. The molecule has 10 nitrogen and oxygen atoms in total. The van der Waals surface area contributed by atoms with Crippen molar-refractivity contribution in [1.82, 2.24) is 25.2 Å². The number of nitrogens with zero attached hydrogens (tertiary/aromatic N) is 5. The molecular formula is C30H40N10. The molecule has 4 rings (SSSR count). The van der Waals surface area contributed by atoms with Crippen LogP contribution in [0.2, 0.25) is 0 Å². The van der Waals surface area contributed by atoms with Crippen LogP contribution >= 0.6 is 0 Å². The third-order valence-electron chi connectivity index (χ3n) is 6.88. The third kappa shape index (κ3) is 7.79. The molecule has 210 valence electrons. The predicted molar refractivity (Wildman–Crippen MR) is 165 cm³/mol. The van der Waals surface area contributed by atoms with Crippen LogP contribution in [0.15, 0.2) is 78.7 Å². The number of hydrogen-bond acceptors (Lipinski definition) is 10. The van der Waals surface area contributed by atoms with Gasteiger partial charge in [-0.25, -0.2) is 9.97 Å². The lowest BCUT2D eigenvalue weighted by molar-refractivity contribution is 0.254. The molecule has 7 N–H and O–H groups in total. The van der Waals surface area contributed by atoms with E-state index in [1.807, 2.05) is 48.8 Å². The van der Waals surface area contributed by atoms with E-state index in [-0.39, 0.29) is 5.92 Å². The summed E-state index contributed by atoms with van der Waals surface area (Å²) in [4.78, 5) is 18.5. The van der Waals surface area contributed by atoms with Gasteiger partial charge in [0, 0.05) is 68.7 Å². The number of piperazine rings is 1. The van der Waals surface area contributed by atoms with E-state index in [1.54, 1.807) is 12.4 Å². The fourth-order valence-electron chi connectivity index (χ4n) is 4.54. The van der Waals surface area contributed by atoms with Crippen molar-refractivity contribution in [3.63, 3.8) is 0 Å². The lowest BCUT2D eigenvalue weighted by Gasteiger charge is -2.35. The fraction of sp³-hybridized carbons (Fsp3) is 0.333. The van der Waals surface area contributed by atoms with Gasteiger partial charge in [0.1, 0.15) is 17.5 Å². The van der Waals surface area contributed by atoms with Gasteiger partial charge < -0.3 is 32.4 Å². The summed E-state index contributed by atoms with van der Waals surface area (Å²) in [6, 6.07) is 11.7. The van der Waals surface area contributed by atoms with E-state index in [9.17, 15) is 0 Å². The maximum atomic E-state index is 7.94. The minimum Gasteiger partial charge on any atom is -0.404 e. The summed E-state index contributed by atoms with van der Waals surface area (Å²) in [5, 5.41) is 14.4. The Balaban J connectivity index is 1.30. The number of aromatic nitrogens is 3. The topological polar surface area (TPSA) is 145 Å². The monoisotopic (exact) mass is 540 g/mol. The number of pyridine rings is 3. The summed E-state index contributed by atoms with van der Waals surface area (Å²) in [5.74, 6) is 2.38. The Morgan fingerprint density at radius 1 is 1.10 bits per heavy atom. The highest BCUT2D eigenvalue weighted by molar-refractivity contribution is 6.08. The molecule has 1 aliphatic rings. The number of nitrogens with one attached hydrogen (secondary N) is 3. The van der Waals surface area contributed by atoms with Crippen molar-refractivity contribution in [2.24, 2.45) is 17.4 Å². The Kier molecular flexibility index (Phi) is 10.1. The zero-order chi connectivity index (χ0) is 28.3. The van der Waals surface area contributed by atoms with Crippen LogP contribution < -0.4 is 27.0 Å². The van der Waals surface area contributed by atoms with Crippen molar-refractivity contribution in [1.29, 1.82) is 5.41 Å². The number of anilines is 2. The number of allylic oxidation sites excluding steroid dienone is 3. The minimum absolute atomic E-state index is 0.259. The van der Waals surface area contributed by atoms with Crippen LogP contribution in [0, 0.1) is 11.3 Å². The molecule has 1 fully saturated rings. The van der Waals surface area contributed by atoms with E-state index in [2.05, 4.69) is 55.3 Å². The quantitative estimate of drug-likeness (QED) is 0.132. The van der Waals surface area contributed by atoms with Crippen molar-refractivity contribution in [3.8, 4) is 0 Å². The molecule has 3 aromatic rings. The first-order chi connectivity index (χ1) is 19.5. The summed E-state index contributed by atoms with van der Waals surface area (Å²) >= 11 is 0. The van der Waals surface area contributed by atoms with Crippen LogP contribution in [0.1, 0.15) is 25.8 Å². The minimum atomic E-state index is 0.259. The van der Waals surface area contributed by atoms with Crippen molar-refractivity contribution in [2.75, 3.05) is 49.5 Å². The summed E-state index contributed by atoms with van der Waals surface area (Å²) in [7, 11) is 0. The lowest BCUT2D eigenvalue weighted by atomic mass is 10.0. The largest absolute Gasteiger partial charge is 0.404 e. The van der Waals surface area contributed by atoms with Gasteiger partial charge >= 0.3 is 0 Å². The summed E-state index contributed by atoms with van der Waals surface area (Å²) in [5.41, 5.74) is 15.9. The van der Waals surface area contributed by atoms with E-state index in [0.29, 0.717) is 17.2 Å². The van der Waals surface area contributed by atoms with Crippen LogP contribution in [0.25, 0.3) is 16.6 Å². The van der Waals surface area contributed by atoms with Crippen molar-refractivity contribution in [2.45, 2.75) is 20.3 Å². The average Bonchev–Trinajstić information content (AvgIpc) is 2.98. The van der Waals surface area contributed by atoms with Crippen molar-refractivity contribution in [3.05, 3.63) is 84.2 Å². The average molecular weight is 541 g/mol. The summed E-state index contributed by atoms with van der Waals surface area (Å²) in [6.45, 7) is 10.0. The summed E-state index contributed by atoms with van der Waals surface area (Å²) in [6.07, 6.45) is 11.2. The number of rotatable bonds is 12. The first-order valence-corrected chi connectivity index (χ1v) is 13.7. The van der Waals surface area contributed by atoms with Crippen molar-refractivity contribution < 1.29 is 0 Å². The first kappa shape index (κ1) is 28.6. The van der Waals surface area contributed by atoms with Crippen LogP contribution in [0.5, 0.6) is 0 Å². The predicted octanol–water partition coefficient (Wildman–Crippen LogP) is 3.53. The molecule has 0 bridgehead atoms. The van der Waals surface area contributed by atoms with E-state index >= 15 is 0 Å². The first-order valence-electron chi connectivity index (χ1n) is 13.7. The lowest BCUT2D eigenvalue weighted by Crippen LogP contribution is -2.47. The second-order valence-electron chi connectivity index (χ2n) is 10.1. The zero-order valence-corrected chi connectivity index (χ0v) is 23.3. The molecule has 0 saturated carbocycles. The molecule has 1 aliphatic heterocycles. The molecular weight excluding hydrogens is 500 g/mol. The second kappa shape index (κ2) is 14.1. The molecule has 3 aromatic heterocycles. The molecule has 0 spiro atoms. The highest BCUT2D eigenvalue weighted by Gasteiger charge is 2.17. The Morgan fingerprint density at radius 2 is 1.93 bits per heavy atom. The van der Waals surface area contributed by atoms with Crippen LogP contribution in [-0.2, 0) is 0 Å². The Morgan fingerprint density at radius 3 is 2.62 bits per heavy atom. The maximum absolute atomic E-state index is 7.94. The highest BCUT2D eigenvalue weighted by atomic mass is 15.3. The normalized spacial score (nSPS) is 15.5. The van der Waals surface area contributed by atoms with Crippen molar-refractivity contribution >= 4 is 34.5 Å². The summed E-state index contributed by atoms with van der Waals surface area (Å²) < 4.78 is 0. The van der Waals surface area contributed by atoms with Crippen LogP contribution in [0.4, 0.5) is 11.6 Å². The third-order valence-corrected chi connectivity index (χ3v) is 6.88. The van der Waals surface area contributed by atoms with Gasteiger partial charge in [0.2, 0.25) is 0 Å². The molecule has 0 aliphatic carbocycles. The van der Waals surface area contributed by atoms with Gasteiger partial charge in [-0.15, -0.1) is 0 Å². The number of nitrogens with two attached hydrogens (primary N) is 2. The van der Waals surface area contributed by atoms with Gasteiger partial charge in [0.05, 0.1) is 11.0 Å². The zero-order valence-electron chi connectivity index (χ0n) is 23.3. The van der Waals surface area contributed by atoms with Gasteiger partial charge in [-0.2, -0.15) is 0 Å². The second-order valence-corrected chi connectivity index (χ2v) is 10.1. The molecule has 0 radical (unpaired) electrons. The van der Waals surface area contributed by atoms with Crippen LogP contribution in [0.3, 0.4) is 0 Å². The SMILES string of the molecule is CC(C)C(=C/N)/C=C(\N)Nc1ccc2ncc(/C(C=N)=C/NCCCN3CCN(c4ccccn4)CC3)cc2n1. The molecule has 0 amide bonds. The standard InChI is InChI=1S/C30H40N10/c1-22(2)23(18-31)17-28(33)38-29-8-7-26-27(37-29)16-24(21-36-26)25(19-32)20-34-9-5-11-39-12-14-40(15-13-39)30-6-3-4-10-35-30/h3-4,6-8,10,16-22,32,34H,5,9,11-15,31,33H2,1-2H3,(H,37,38)/b23-18+,25-20+,28-17+,32-19?. The van der Waals surface area contributed by atoms with Gasteiger partial charge in [-0.05, 0) is 67.1 Å². The number of fused-ring (bicyclic) bond motifs is 1. The fourth-order valence-corrected chi connectivity index (χ4v) is 4.54. The Hall–Kier alpha value is -4.44. The van der Waals surface area contributed by atoms with Gasteiger partial charge in [0.25, 0.3) is 0 Å². The van der Waals surface area contributed by atoms with E-state index in [0.717, 1.165) is 73.7 Å². The van der Waals surface area contributed by atoms with Gasteiger partial charge in [-0.1, -0.05) is 19.9 Å². The Labute approximate surface area is 236 Å². The van der Waals surface area contributed by atoms with Gasteiger partial charge in [-0.3, -0.25) is 9.88 Å². The molecule has 0 atom stereocenters. The van der Waals surface area contributed by atoms with E-state index in [1.165, 1.54) is 6.21 Å². The molecule has 40 heavy (non-hydrogen) atoms. The Bertz CT molecular complexity index is 1360. The molecule has 4 heterocycles. The smallest absolute Gasteiger partial charge is 0.132 e. The van der Waals surface area contributed by atoms with Crippen LogP contribution in [-0.4, -0.2) is 65.3 Å². The van der Waals surface area contributed by atoms with E-state index < -0.39 is 0 Å². The molecule has 10 heteroatoms. The maximum Gasteiger partial charge on any atom is 0.132 e. The van der Waals surface area contributed by atoms with Gasteiger partial charge in [0.15, 0.2) is 0 Å². The number of hydrogen-bond donors (Lipinski definition) is 5. The highest BCUT2D eigenvalue weighted by Crippen LogP contribution is 2.20. The van der Waals surface area contributed by atoms with E-state index in [4.69, 9.17) is 16.9 Å².